The first-order valence-corrected chi connectivity index (χ1v) is 7.15. The van der Waals surface area contributed by atoms with E-state index in [-0.39, 0.29) is 0 Å². The molecule has 0 saturated heterocycles. The second kappa shape index (κ2) is 7.50. The van der Waals surface area contributed by atoms with E-state index in [0.29, 0.717) is 13.2 Å². The van der Waals surface area contributed by atoms with Crippen molar-refractivity contribution in [1.82, 2.24) is 0 Å². The van der Waals surface area contributed by atoms with Crippen molar-refractivity contribution < 1.29 is 13.6 Å². The molecule has 0 amide bonds. The zero-order valence-corrected chi connectivity index (χ0v) is 10.3. The van der Waals surface area contributed by atoms with Crippen molar-refractivity contribution in [2.75, 3.05) is 27.4 Å². The van der Waals surface area contributed by atoms with Crippen LogP contribution in [0.5, 0.6) is 0 Å². The van der Waals surface area contributed by atoms with Crippen molar-refractivity contribution in [3.8, 4) is 0 Å². The van der Waals surface area contributed by atoms with E-state index in [4.69, 9.17) is 13.6 Å². The van der Waals surface area contributed by atoms with Crippen molar-refractivity contribution in [2.24, 2.45) is 0 Å². The van der Waals surface area contributed by atoms with Gasteiger partial charge in [-0.3, -0.25) is 0 Å². The molecular weight excluding hydrogens is 184 g/mol. The van der Waals surface area contributed by atoms with Gasteiger partial charge in [0.25, 0.3) is 0 Å². The second-order valence-corrected chi connectivity index (χ2v) is 6.79. The summed E-state index contributed by atoms with van der Waals surface area (Å²) in [5, 5.41) is 0. The first-order chi connectivity index (χ1) is 6.24. The summed E-state index contributed by atoms with van der Waals surface area (Å²) in [5.74, 6) is 0. The van der Waals surface area contributed by atoms with Gasteiger partial charge >= 0.3 is 8.56 Å². The summed E-state index contributed by atoms with van der Waals surface area (Å²) < 4.78 is 16.3. The largest absolute Gasteiger partial charge is 0.398 e. The van der Waals surface area contributed by atoms with E-state index in [9.17, 15) is 0 Å². The van der Waals surface area contributed by atoms with Gasteiger partial charge in [0.05, 0.1) is 13.2 Å². The van der Waals surface area contributed by atoms with Crippen LogP contribution in [0.15, 0.2) is 0 Å². The fourth-order valence-electron chi connectivity index (χ4n) is 1.35. The summed E-state index contributed by atoms with van der Waals surface area (Å²) in [6, 6.07) is 2.09. The van der Waals surface area contributed by atoms with E-state index in [0.717, 1.165) is 18.5 Å². The summed E-state index contributed by atoms with van der Waals surface area (Å²) in [5.41, 5.74) is 0. The minimum absolute atomic E-state index is 0.655. The van der Waals surface area contributed by atoms with Gasteiger partial charge < -0.3 is 13.6 Å². The molecule has 0 fully saturated rings. The molecule has 0 rings (SSSR count). The van der Waals surface area contributed by atoms with Gasteiger partial charge in [-0.2, -0.15) is 0 Å². The zero-order chi connectivity index (χ0) is 10.2. The van der Waals surface area contributed by atoms with Gasteiger partial charge in [0.1, 0.15) is 0 Å². The molecule has 0 heterocycles. The summed E-state index contributed by atoms with van der Waals surface area (Å²) >= 11 is 0. The lowest BCUT2D eigenvalue weighted by atomic mass is 10.6. The van der Waals surface area contributed by atoms with Gasteiger partial charge in [0, 0.05) is 14.2 Å². The zero-order valence-electron chi connectivity index (χ0n) is 9.26. The maximum atomic E-state index is 5.80. The molecule has 0 radical (unpaired) electrons. The predicted molar refractivity (Wildman–Crippen MR) is 56.2 cm³/mol. The summed E-state index contributed by atoms with van der Waals surface area (Å²) in [4.78, 5) is 0. The maximum absolute atomic E-state index is 5.80. The topological polar surface area (TPSA) is 27.7 Å². The Balaban J connectivity index is 3.89. The molecule has 1 atom stereocenters. The molecule has 3 nitrogen and oxygen atoms in total. The third-order valence-electron chi connectivity index (χ3n) is 2.19. The fourth-order valence-corrected chi connectivity index (χ4v) is 3.88. The van der Waals surface area contributed by atoms with E-state index in [1.54, 1.807) is 14.2 Å². The van der Waals surface area contributed by atoms with Gasteiger partial charge in [-0.15, -0.1) is 0 Å². The average molecular weight is 206 g/mol. The normalized spacial score (nSPS) is 15.7. The summed E-state index contributed by atoms with van der Waals surface area (Å²) in [6.07, 6.45) is 1.13. The Hall–Kier alpha value is 0.0969. The van der Waals surface area contributed by atoms with E-state index in [1.807, 2.05) is 0 Å². The highest BCUT2D eigenvalue weighted by atomic mass is 28.4. The molecule has 0 spiro atoms. The summed E-state index contributed by atoms with van der Waals surface area (Å²) in [6.45, 7) is 5.61. The molecule has 4 heteroatoms. The van der Waals surface area contributed by atoms with Crippen molar-refractivity contribution in [3.63, 3.8) is 0 Å². The standard InChI is InChI=1S/C9H22O3Si/c1-5-9-13(6-2,11-4)12-8-7-10-3/h5-9H2,1-4H3. The Morgan fingerprint density at radius 2 is 1.77 bits per heavy atom. The number of ether oxygens (including phenoxy) is 1. The SMILES string of the molecule is CCC[Si](CC)(OC)OCCOC. The Labute approximate surface area is 82.6 Å². The van der Waals surface area contributed by atoms with Gasteiger partial charge in [-0.25, -0.2) is 0 Å². The highest BCUT2D eigenvalue weighted by molar-refractivity contribution is 6.67. The van der Waals surface area contributed by atoms with E-state index in [2.05, 4.69) is 13.8 Å². The van der Waals surface area contributed by atoms with Crippen LogP contribution in [0.1, 0.15) is 20.3 Å². The van der Waals surface area contributed by atoms with Crippen molar-refractivity contribution in [3.05, 3.63) is 0 Å². The minimum Gasteiger partial charge on any atom is -0.398 e. The van der Waals surface area contributed by atoms with Crippen LogP contribution in [0.25, 0.3) is 0 Å². The number of methoxy groups -OCH3 is 1. The molecule has 0 bridgehead atoms. The van der Waals surface area contributed by atoms with E-state index in [1.165, 1.54) is 0 Å². The molecule has 0 N–H and O–H groups in total. The Kier molecular flexibility index (Phi) is 7.55. The van der Waals surface area contributed by atoms with Crippen LogP contribution >= 0.6 is 0 Å². The third kappa shape index (κ3) is 4.76. The van der Waals surface area contributed by atoms with Gasteiger partial charge in [0.15, 0.2) is 0 Å². The minimum atomic E-state index is -1.86. The van der Waals surface area contributed by atoms with Crippen LogP contribution < -0.4 is 0 Å². The Morgan fingerprint density at radius 3 is 2.15 bits per heavy atom. The smallest absolute Gasteiger partial charge is 0.337 e. The predicted octanol–water partition coefficient (Wildman–Crippen LogP) is 2.17. The number of rotatable bonds is 8. The first-order valence-electron chi connectivity index (χ1n) is 4.92. The maximum Gasteiger partial charge on any atom is 0.337 e. The van der Waals surface area contributed by atoms with Crippen LogP contribution in [0.2, 0.25) is 12.1 Å². The van der Waals surface area contributed by atoms with Crippen molar-refractivity contribution in [2.45, 2.75) is 32.4 Å². The Bertz CT molecular complexity index is 115. The van der Waals surface area contributed by atoms with Crippen molar-refractivity contribution in [1.29, 1.82) is 0 Å². The number of hydrogen-bond donors (Lipinski definition) is 0. The van der Waals surface area contributed by atoms with Crippen LogP contribution in [-0.2, 0) is 13.6 Å². The molecule has 1 unspecified atom stereocenters. The summed E-state index contributed by atoms with van der Waals surface area (Å²) in [7, 11) is 1.59. The molecule has 0 aromatic rings. The van der Waals surface area contributed by atoms with Crippen LogP contribution in [0, 0.1) is 0 Å². The molecule has 0 aliphatic carbocycles. The molecule has 0 aromatic heterocycles. The quantitative estimate of drug-likeness (QED) is 0.450. The highest BCUT2D eigenvalue weighted by Gasteiger charge is 2.32. The van der Waals surface area contributed by atoms with Crippen LogP contribution in [0.3, 0.4) is 0 Å². The molecule has 13 heavy (non-hydrogen) atoms. The molecule has 80 valence electrons. The van der Waals surface area contributed by atoms with Crippen LogP contribution in [0.4, 0.5) is 0 Å². The average Bonchev–Trinajstić information content (AvgIpc) is 2.17. The Morgan fingerprint density at radius 1 is 1.08 bits per heavy atom. The second-order valence-electron chi connectivity index (χ2n) is 3.06. The fraction of sp³-hybridized carbons (Fsp3) is 1.00. The number of hydrogen-bond acceptors (Lipinski definition) is 3. The van der Waals surface area contributed by atoms with Gasteiger partial charge in [0.2, 0.25) is 0 Å². The lowest BCUT2D eigenvalue weighted by Crippen LogP contribution is -2.41. The van der Waals surface area contributed by atoms with E-state index >= 15 is 0 Å². The first kappa shape index (κ1) is 13.1. The molecule has 0 aliphatic heterocycles. The molecule has 0 saturated carbocycles. The van der Waals surface area contributed by atoms with E-state index < -0.39 is 8.56 Å². The van der Waals surface area contributed by atoms with Gasteiger partial charge in [-0.05, 0) is 12.1 Å². The third-order valence-corrected chi connectivity index (χ3v) is 6.01. The molecule has 0 aromatic carbocycles. The molecular formula is C9H22O3Si. The van der Waals surface area contributed by atoms with Gasteiger partial charge in [-0.1, -0.05) is 20.3 Å². The highest BCUT2D eigenvalue weighted by Crippen LogP contribution is 2.19. The van der Waals surface area contributed by atoms with Crippen molar-refractivity contribution >= 4 is 8.56 Å². The lowest BCUT2D eigenvalue weighted by Gasteiger charge is -2.27. The molecule has 0 aliphatic rings. The van der Waals surface area contributed by atoms with Crippen LogP contribution in [-0.4, -0.2) is 36.0 Å². The lowest BCUT2D eigenvalue weighted by molar-refractivity contribution is 0.117. The monoisotopic (exact) mass is 206 g/mol.